The van der Waals surface area contributed by atoms with Gasteiger partial charge >= 0.3 is 0 Å². The third-order valence-electron chi connectivity index (χ3n) is 8.61. The molecule has 1 nitrogen and oxygen atoms in total. The van der Waals surface area contributed by atoms with Crippen LogP contribution in [0.5, 0.6) is 0 Å². The summed E-state index contributed by atoms with van der Waals surface area (Å²) in [6, 6.07) is 32.4. The monoisotopic (exact) mass is 568 g/mol. The second-order valence-corrected chi connectivity index (χ2v) is 11.0. The average Bonchev–Trinajstić information content (AvgIpc) is 3.56. The summed E-state index contributed by atoms with van der Waals surface area (Å²) in [6.45, 7) is 0. The Morgan fingerprint density at radius 3 is 1.84 bits per heavy atom. The SMILES string of the molecule is [2H]c1c([2H])c([2H])c2c(-c3ccc(-c4cccc5c4oc4ccccc45)cc3)c3c([2H])c([2H])c([2H])c([2H])c3c(Cc3cccc4ccccc34)c2c1[2H]. The second kappa shape index (κ2) is 9.97. The molecular formula is C43H28O. The summed E-state index contributed by atoms with van der Waals surface area (Å²) in [5.41, 5.74) is 5.46. The Labute approximate surface area is 266 Å². The van der Waals surface area contributed by atoms with E-state index >= 15 is 0 Å². The molecule has 0 amide bonds. The van der Waals surface area contributed by atoms with Crippen LogP contribution in [0.4, 0.5) is 0 Å². The van der Waals surface area contributed by atoms with E-state index < -0.39 is 24.2 Å². The molecule has 0 bridgehead atoms. The van der Waals surface area contributed by atoms with Gasteiger partial charge in [-0.05, 0) is 72.6 Å². The summed E-state index contributed by atoms with van der Waals surface area (Å²) < 4.78 is 78.1. The third kappa shape index (κ3) is 3.87. The Kier molecular flexibility index (Phi) is 4.10. The molecule has 206 valence electrons. The lowest BCUT2D eigenvalue weighted by atomic mass is 9.85. The van der Waals surface area contributed by atoms with E-state index in [1.165, 1.54) is 0 Å². The Morgan fingerprint density at radius 2 is 1.07 bits per heavy atom. The molecule has 0 N–H and O–H groups in total. The summed E-state index contributed by atoms with van der Waals surface area (Å²) in [7, 11) is 0. The maximum atomic E-state index is 9.24. The second-order valence-electron chi connectivity index (χ2n) is 11.0. The van der Waals surface area contributed by atoms with E-state index in [-0.39, 0.29) is 52.1 Å². The Bertz CT molecular complexity index is 2880. The zero-order valence-corrected chi connectivity index (χ0v) is 23.5. The standard InChI is InChI=1S/C43H28O/c1-2-14-32-28(11-1)12-9-13-31(32)27-40-34-15-3-5-18-37(34)42(38-19-6-4-16-35(38)40)30-25-23-29(24-26-30)33-20-10-21-39-36-17-7-8-22-41(36)44-43(33)39/h1-26H,27H2/i3D,4D,5D,6D,15D,16D,18D,19D. The molecule has 8 aromatic carbocycles. The van der Waals surface area contributed by atoms with E-state index in [0.717, 1.165) is 49.4 Å². The van der Waals surface area contributed by atoms with Crippen LogP contribution in [0.25, 0.3) is 76.5 Å². The minimum absolute atomic E-state index is 0.180. The van der Waals surface area contributed by atoms with Gasteiger partial charge < -0.3 is 4.42 Å². The smallest absolute Gasteiger partial charge is 0.143 e. The third-order valence-corrected chi connectivity index (χ3v) is 8.61. The Morgan fingerprint density at radius 1 is 0.477 bits per heavy atom. The van der Waals surface area contributed by atoms with Crippen LogP contribution in [0.2, 0.25) is 0 Å². The molecule has 9 aromatic rings. The molecule has 0 unspecified atom stereocenters. The van der Waals surface area contributed by atoms with Gasteiger partial charge in [0.1, 0.15) is 11.2 Å². The highest BCUT2D eigenvalue weighted by Gasteiger charge is 2.17. The van der Waals surface area contributed by atoms with E-state index in [1.54, 1.807) is 0 Å². The number of fused-ring (bicyclic) bond motifs is 6. The molecule has 1 heterocycles. The van der Waals surface area contributed by atoms with Crippen molar-refractivity contribution >= 4 is 54.3 Å². The summed E-state index contributed by atoms with van der Waals surface area (Å²) in [5.74, 6) is 0. The quantitative estimate of drug-likeness (QED) is 0.192. The number of rotatable bonds is 4. The van der Waals surface area contributed by atoms with Gasteiger partial charge in [0.2, 0.25) is 0 Å². The molecule has 0 atom stereocenters. The van der Waals surface area contributed by atoms with Crippen molar-refractivity contribution in [1.82, 2.24) is 0 Å². The highest BCUT2D eigenvalue weighted by Crippen LogP contribution is 2.42. The molecule has 1 aromatic heterocycles. The van der Waals surface area contributed by atoms with E-state index in [9.17, 15) is 5.48 Å². The summed E-state index contributed by atoms with van der Waals surface area (Å²) >= 11 is 0. The molecule has 0 spiro atoms. The molecule has 0 aliphatic carbocycles. The molecule has 0 aliphatic rings. The molecule has 0 saturated heterocycles. The van der Waals surface area contributed by atoms with E-state index in [4.69, 9.17) is 9.90 Å². The van der Waals surface area contributed by atoms with Crippen molar-refractivity contribution in [2.45, 2.75) is 6.42 Å². The van der Waals surface area contributed by atoms with Crippen molar-refractivity contribution in [3.05, 3.63) is 169 Å². The van der Waals surface area contributed by atoms with Crippen LogP contribution in [0.15, 0.2) is 162 Å². The first kappa shape index (κ1) is 18.1. The topological polar surface area (TPSA) is 13.1 Å². The van der Waals surface area contributed by atoms with E-state index in [0.29, 0.717) is 16.7 Å². The summed E-state index contributed by atoms with van der Waals surface area (Å²) in [6.07, 6.45) is 0.180. The first-order valence-electron chi connectivity index (χ1n) is 18.6. The van der Waals surface area contributed by atoms with Crippen molar-refractivity contribution in [2.75, 3.05) is 0 Å². The molecule has 1 heteroatoms. The zero-order valence-electron chi connectivity index (χ0n) is 31.5. The first-order valence-corrected chi connectivity index (χ1v) is 14.6. The lowest BCUT2D eigenvalue weighted by Crippen LogP contribution is -1.96. The van der Waals surface area contributed by atoms with Gasteiger partial charge in [-0.1, -0.05) is 151 Å². The Hall–Kier alpha value is -5.66. The number of benzene rings is 8. The summed E-state index contributed by atoms with van der Waals surface area (Å²) in [5, 5.41) is 4.85. The minimum Gasteiger partial charge on any atom is -0.455 e. The van der Waals surface area contributed by atoms with Crippen LogP contribution in [0.1, 0.15) is 22.1 Å². The van der Waals surface area contributed by atoms with Crippen molar-refractivity contribution in [3.8, 4) is 22.3 Å². The average molecular weight is 569 g/mol. The number of hydrogen-bond acceptors (Lipinski definition) is 1. The summed E-state index contributed by atoms with van der Waals surface area (Å²) in [4.78, 5) is 0. The molecule has 0 fully saturated rings. The Balaban J connectivity index is 1.37. The van der Waals surface area contributed by atoms with Gasteiger partial charge in [-0.25, -0.2) is 0 Å². The lowest BCUT2D eigenvalue weighted by molar-refractivity contribution is 0.670. The van der Waals surface area contributed by atoms with Gasteiger partial charge in [0.25, 0.3) is 0 Å². The van der Waals surface area contributed by atoms with Gasteiger partial charge in [-0.15, -0.1) is 0 Å². The largest absolute Gasteiger partial charge is 0.455 e. The number of hydrogen-bond donors (Lipinski definition) is 0. The fraction of sp³-hybridized carbons (Fsp3) is 0.0233. The van der Waals surface area contributed by atoms with Crippen LogP contribution in [0.3, 0.4) is 0 Å². The van der Waals surface area contributed by atoms with E-state index in [1.807, 2.05) is 109 Å². The molecule has 0 aliphatic heterocycles. The van der Waals surface area contributed by atoms with Crippen LogP contribution in [0, 0.1) is 0 Å². The van der Waals surface area contributed by atoms with Crippen LogP contribution < -0.4 is 0 Å². The first-order chi connectivity index (χ1) is 25.2. The van der Waals surface area contributed by atoms with Gasteiger partial charge in [-0.2, -0.15) is 0 Å². The minimum atomic E-state index is -0.414. The van der Waals surface area contributed by atoms with Crippen molar-refractivity contribution in [1.29, 1.82) is 0 Å². The van der Waals surface area contributed by atoms with Crippen LogP contribution >= 0.6 is 0 Å². The van der Waals surface area contributed by atoms with Gasteiger partial charge in [0.05, 0.1) is 11.0 Å². The predicted molar refractivity (Wildman–Crippen MR) is 186 cm³/mol. The zero-order chi connectivity index (χ0) is 36.0. The van der Waals surface area contributed by atoms with Crippen molar-refractivity contribution in [2.24, 2.45) is 0 Å². The van der Waals surface area contributed by atoms with Gasteiger partial charge in [0.15, 0.2) is 0 Å². The maximum Gasteiger partial charge on any atom is 0.143 e. The normalized spacial score (nSPS) is 14.3. The maximum absolute atomic E-state index is 9.24. The van der Waals surface area contributed by atoms with Crippen molar-refractivity contribution in [3.63, 3.8) is 0 Å². The fourth-order valence-corrected chi connectivity index (χ4v) is 6.60. The molecule has 44 heavy (non-hydrogen) atoms. The van der Waals surface area contributed by atoms with Crippen molar-refractivity contribution < 1.29 is 15.4 Å². The van der Waals surface area contributed by atoms with Gasteiger partial charge in [-0.3, -0.25) is 0 Å². The molecular weight excluding hydrogens is 532 g/mol. The highest BCUT2D eigenvalue weighted by molar-refractivity contribution is 6.15. The number of para-hydroxylation sites is 2. The molecule has 0 radical (unpaired) electrons. The lowest BCUT2D eigenvalue weighted by Gasteiger charge is -2.18. The predicted octanol–water partition coefficient (Wildman–Crippen LogP) is 12.0. The highest BCUT2D eigenvalue weighted by atomic mass is 16.3. The fourth-order valence-electron chi connectivity index (χ4n) is 6.60. The van der Waals surface area contributed by atoms with Crippen LogP contribution in [-0.4, -0.2) is 0 Å². The number of furan rings is 1. The van der Waals surface area contributed by atoms with E-state index in [2.05, 4.69) is 0 Å². The van der Waals surface area contributed by atoms with Crippen LogP contribution in [-0.2, 0) is 6.42 Å². The molecule has 9 rings (SSSR count). The molecule has 0 saturated carbocycles. The van der Waals surface area contributed by atoms with Gasteiger partial charge in [0, 0.05) is 16.3 Å².